The first-order chi connectivity index (χ1) is 6.85. The van der Waals surface area contributed by atoms with Gasteiger partial charge in [-0.05, 0) is 0 Å². The summed E-state index contributed by atoms with van der Waals surface area (Å²) in [5.74, 6) is 0. The molecule has 0 aromatic heterocycles. The first-order valence-corrected chi connectivity index (χ1v) is 5.35. The van der Waals surface area contributed by atoms with Gasteiger partial charge in [0.15, 0.2) is 0 Å². The van der Waals surface area contributed by atoms with Gasteiger partial charge in [0.2, 0.25) is 0 Å². The van der Waals surface area contributed by atoms with Crippen molar-refractivity contribution < 1.29 is 20.4 Å². The van der Waals surface area contributed by atoms with Crippen LogP contribution in [0.5, 0.6) is 0 Å². The molecule has 0 nitrogen and oxygen atoms in total. The standard InChI is InChI=1S/C9H13.C5H9.Pd/c1-4-7-9(6-3)8-5-2;1-2-4-5-3-1;/h4-6H,1-3,7-8H2;1H,2-5H2;/q2*-1;+2. The number of hydrogen-bond acceptors (Lipinski definition) is 0. The van der Waals surface area contributed by atoms with Crippen molar-refractivity contribution in [2.75, 3.05) is 0 Å². The Morgan fingerprint density at radius 2 is 1.60 bits per heavy atom. The topological polar surface area (TPSA) is 0 Å². The fourth-order valence-corrected chi connectivity index (χ4v) is 1.34. The molecule has 88 valence electrons. The predicted octanol–water partition coefficient (Wildman–Crippen LogP) is 4.66. The van der Waals surface area contributed by atoms with Crippen LogP contribution in [0.2, 0.25) is 0 Å². The fourth-order valence-electron chi connectivity index (χ4n) is 1.34. The van der Waals surface area contributed by atoms with Crippen LogP contribution in [0.15, 0.2) is 37.0 Å². The van der Waals surface area contributed by atoms with E-state index in [2.05, 4.69) is 26.5 Å². The van der Waals surface area contributed by atoms with E-state index in [4.69, 9.17) is 0 Å². The molecule has 0 N–H and O–H groups in total. The van der Waals surface area contributed by atoms with E-state index in [9.17, 15) is 0 Å². The summed E-state index contributed by atoms with van der Waals surface area (Å²) in [7, 11) is 0. The van der Waals surface area contributed by atoms with Crippen LogP contribution in [0.1, 0.15) is 38.5 Å². The fraction of sp³-hybridized carbons (Fsp3) is 0.429. The van der Waals surface area contributed by atoms with E-state index in [0.717, 1.165) is 12.8 Å². The van der Waals surface area contributed by atoms with Crippen molar-refractivity contribution >= 4 is 0 Å². The van der Waals surface area contributed by atoms with Crippen molar-refractivity contribution in [3.05, 3.63) is 50.3 Å². The molecular formula is C14H22Pd. The van der Waals surface area contributed by atoms with Crippen LogP contribution in [-0.4, -0.2) is 0 Å². The molecule has 0 aromatic carbocycles. The van der Waals surface area contributed by atoms with Crippen molar-refractivity contribution in [2.24, 2.45) is 0 Å². The maximum absolute atomic E-state index is 3.67. The second-order valence-corrected chi connectivity index (χ2v) is 3.42. The average Bonchev–Trinajstić information content (AvgIpc) is 2.75. The van der Waals surface area contributed by atoms with E-state index >= 15 is 0 Å². The molecule has 15 heavy (non-hydrogen) atoms. The van der Waals surface area contributed by atoms with Crippen LogP contribution >= 0.6 is 0 Å². The summed E-state index contributed by atoms with van der Waals surface area (Å²) in [5, 5.41) is 0. The third-order valence-electron chi connectivity index (χ3n) is 2.17. The third kappa shape index (κ3) is 11.7. The van der Waals surface area contributed by atoms with Gasteiger partial charge in [0.25, 0.3) is 0 Å². The summed E-state index contributed by atoms with van der Waals surface area (Å²) in [5.41, 5.74) is 1.28. The van der Waals surface area contributed by atoms with Crippen LogP contribution in [0.3, 0.4) is 0 Å². The van der Waals surface area contributed by atoms with E-state index in [1.807, 2.05) is 18.2 Å². The minimum Gasteiger partial charge on any atom is -0.328 e. The first kappa shape index (κ1) is 17.2. The number of rotatable bonds is 4. The predicted molar refractivity (Wildman–Crippen MR) is 65.8 cm³/mol. The monoisotopic (exact) mass is 296 g/mol. The maximum atomic E-state index is 3.67. The quantitative estimate of drug-likeness (QED) is 0.402. The Kier molecular flexibility index (Phi) is 15.7. The summed E-state index contributed by atoms with van der Waals surface area (Å²) < 4.78 is 0. The van der Waals surface area contributed by atoms with Crippen molar-refractivity contribution in [3.8, 4) is 0 Å². The maximum Gasteiger partial charge on any atom is 2.00 e. The van der Waals surface area contributed by atoms with Crippen molar-refractivity contribution in [1.82, 2.24) is 0 Å². The molecule has 0 radical (unpaired) electrons. The third-order valence-corrected chi connectivity index (χ3v) is 2.17. The SMILES string of the molecule is C=CCC(=C[CH2-])CC=C.[CH-]1CCCC1.[Pd+2]. The van der Waals surface area contributed by atoms with Gasteiger partial charge in [0.05, 0.1) is 0 Å². The largest absolute Gasteiger partial charge is 2.00 e. The minimum absolute atomic E-state index is 0. The van der Waals surface area contributed by atoms with Gasteiger partial charge < -0.3 is 6.42 Å². The Bertz CT molecular complexity index is 156. The Labute approximate surface area is 109 Å². The zero-order valence-corrected chi connectivity index (χ0v) is 11.0. The molecule has 0 unspecified atom stereocenters. The van der Waals surface area contributed by atoms with Crippen LogP contribution in [0.4, 0.5) is 0 Å². The van der Waals surface area contributed by atoms with Crippen molar-refractivity contribution in [2.45, 2.75) is 38.5 Å². The Balaban J connectivity index is 0. The molecule has 0 atom stereocenters. The Hall–Kier alpha value is -0.248. The zero-order chi connectivity index (χ0) is 10.6. The van der Waals surface area contributed by atoms with Gasteiger partial charge in [-0.1, -0.05) is 25.7 Å². The molecule has 1 aliphatic rings. The van der Waals surface area contributed by atoms with Crippen LogP contribution in [0, 0.1) is 13.3 Å². The number of allylic oxidation sites excluding steroid dienone is 4. The first-order valence-electron chi connectivity index (χ1n) is 5.35. The van der Waals surface area contributed by atoms with Crippen LogP contribution < -0.4 is 0 Å². The smallest absolute Gasteiger partial charge is 0.328 e. The van der Waals surface area contributed by atoms with E-state index in [-0.39, 0.29) is 20.4 Å². The summed E-state index contributed by atoms with van der Waals surface area (Å²) in [6.07, 6.45) is 15.5. The molecule has 0 bridgehead atoms. The van der Waals surface area contributed by atoms with Gasteiger partial charge in [-0.2, -0.15) is 12.8 Å². The molecule has 0 spiro atoms. The summed E-state index contributed by atoms with van der Waals surface area (Å²) >= 11 is 0. The van der Waals surface area contributed by atoms with Crippen molar-refractivity contribution in [1.29, 1.82) is 0 Å². The minimum atomic E-state index is 0. The number of hydrogen-bond donors (Lipinski definition) is 0. The normalized spacial score (nSPS) is 12.8. The Morgan fingerprint density at radius 3 is 1.80 bits per heavy atom. The molecule has 0 aliphatic heterocycles. The van der Waals surface area contributed by atoms with E-state index in [0.29, 0.717) is 0 Å². The van der Waals surface area contributed by atoms with Gasteiger partial charge in [0.1, 0.15) is 0 Å². The van der Waals surface area contributed by atoms with Crippen LogP contribution in [-0.2, 0) is 20.4 Å². The van der Waals surface area contributed by atoms with Gasteiger partial charge in [-0.25, -0.2) is 18.6 Å². The molecule has 0 saturated heterocycles. The molecule has 1 rings (SSSR count). The van der Waals surface area contributed by atoms with Gasteiger partial charge in [-0.3, -0.25) is 0 Å². The Morgan fingerprint density at radius 1 is 1.13 bits per heavy atom. The molecule has 0 amide bonds. The molecule has 1 heteroatoms. The molecule has 1 saturated carbocycles. The second kappa shape index (κ2) is 13.8. The van der Waals surface area contributed by atoms with Gasteiger partial charge in [0, 0.05) is 0 Å². The molecular weight excluding hydrogens is 275 g/mol. The van der Waals surface area contributed by atoms with E-state index in [1.54, 1.807) is 0 Å². The molecule has 0 aromatic rings. The van der Waals surface area contributed by atoms with Crippen molar-refractivity contribution in [3.63, 3.8) is 0 Å². The summed E-state index contributed by atoms with van der Waals surface area (Å²) in [6.45, 7) is 10.9. The zero-order valence-electron chi connectivity index (χ0n) is 9.49. The van der Waals surface area contributed by atoms with E-state index in [1.165, 1.54) is 31.3 Å². The van der Waals surface area contributed by atoms with Gasteiger partial charge in [-0.15, -0.1) is 25.3 Å². The molecule has 1 aliphatic carbocycles. The summed E-state index contributed by atoms with van der Waals surface area (Å²) in [4.78, 5) is 0. The van der Waals surface area contributed by atoms with E-state index < -0.39 is 0 Å². The molecule has 1 fully saturated rings. The van der Waals surface area contributed by atoms with Crippen LogP contribution in [0.25, 0.3) is 0 Å². The second-order valence-electron chi connectivity index (χ2n) is 3.42. The average molecular weight is 297 g/mol. The molecule has 0 heterocycles. The summed E-state index contributed by atoms with van der Waals surface area (Å²) in [6, 6.07) is 0. The van der Waals surface area contributed by atoms with Gasteiger partial charge >= 0.3 is 20.4 Å².